The number of anilines is 8. The van der Waals surface area contributed by atoms with E-state index in [-0.39, 0.29) is 85.6 Å². The molecular weight excluding hydrogens is 1390 g/mol. The smallest absolute Gasteiger partial charge is 0.232 e. The number of unbranched alkanes of at least 4 members (excludes halogenated alkanes) is 5. The first-order valence-electron chi connectivity index (χ1n) is 44.8. The number of likely N-dealkylation sites (tertiary alicyclic amines) is 5. The first-order chi connectivity index (χ1) is 52.1. The highest BCUT2D eigenvalue weighted by Gasteiger charge is 2.51. The Labute approximate surface area is 685 Å². The van der Waals surface area contributed by atoms with E-state index in [1.54, 1.807) is 0 Å². The third kappa shape index (κ3) is 22.7. The fraction of sp³-hybridized carbons (Fsp3) is 0.899. The molecule has 0 radical (unpaired) electrons. The van der Waals surface area contributed by atoms with Crippen molar-refractivity contribution in [3.63, 3.8) is 0 Å². The van der Waals surface area contributed by atoms with Crippen LogP contribution in [0, 0.1) is 6.92 Å². The molecule has 23 nitrogen and oxygen atoms in total. The zero-order valence-electron chi connectivity index (χ0n) is 78.1. The molecule has 0 amide bonds. The Hall–Kier alpha value is -4.81. The second-order valence-electron chi connectivity index (χ2n) is 41.8. The van der Waals surface area contributed by atoms with Crippen molar-refractivity contribution in [1.29, 1.82) is 0 Å². The van der Waals surface area contributed by atoms with Crippen LogP contribution in [0.5, 0.6) is 0 Å². The summed E-state index contributed by atoms with van der Waals surface area (Å²) in [5.41, 5.74) is -0.0619. The van der Waals surface area contributed by atoms with Gasteiger partial charge in [0.05, 0.1) is 0 Å². The molecule has 3 aromatic heterocycles. The van der Waals surface area contributed by atoms with Gasteiger partial charge in [0.25, 0.3) is 0 Å². The molecule has 0 aliphatic carbocycles. The van der Waals surface area contributed by atoms with Crippen molar-refractivity contribution in [2.24, 2.45) is 0 Å². The average molecular weight is 1560 g/mol. The van der Waals surface area contributed by atoms with Crippen molar-refractivity contribution < 1.29 is 0 Å². The van der Waals surface area contributed by atoms with E-state index in [0.717, 1.165) is 248 Å². The number of hydrogen-bond donors (Lipinski definition) is 2. The molecule has 640 valence electrons. The maximum absolute atomic E-state index is 5.69. The van der Waals surface area contributed by atoms with Crippen LogP contribution in [0.4, 0.5) is 47.6 Å². The second kappa shape index (κ2) is 37.4. The first kappa shape index (κ1) is 92.7. The van der Waals surface area contributed by atoms with Crippen LogP contribution in [0.25, 0.3) is 0 Å². The molecule has 0 spiro atoms. The van der Waals surface area contributed by atoms with Gasteiger partial charge in [-0.15, -0.1) is 0 Å². The van der Waals surface area contributed by atoms with Crippen molar-refractivity contribution in [3.8, 4) is 0 Å². The van der Waals surface area contributed by atoms with Crippen LogP contribution in [0.1, 0.15) is 320 Å². The molecule has 0 atom stereocenters. The lowest BCUT2D eigenvalue weighted by Crippen LogP contribution is -2.63. The van der Waals surface area contributed by atoms with E-state index in [0.29, 0.717) is 18.4 Å². The number of likely N-dealkylation sites (N-methyl/N-ethyl adjacent to an activating group) is 1. The van der Waals surface area contributed by atoms with Gasteiger partial charge in [0.1, 0.15) is 5.82 Å². The highest BCUT2D eigenvalue weighted by molar-refractivity contribution is 5.50. The summed E-state index contributed by atoms with van der Waals surface area (Å²) in [6.45, 7) is 70.9. The quantitative estimate of drug-likeness (QED) is 0.0515. The van der Waals surface area contributed by atoms with Crippen LogP contribution in [-0.2, 0) is 0 Å². The second-order valence-corrected chi connectivity index (χ2v) is 41.8. The van der Waals surface area contributed by atoms with E-state index in [9.17, 15) is 0 Å². The minimum Gasteiger partial charge on any atom is -0.354 e. The molecule has 0 unspecified atom stereocenters. The Kier molecular flexibility index (Phi) is 31.0. The molecule has 0 aromatic carbocycles. The summed E-state index contributed by atoms with van der Waals surface area (Å²) in [6.07, 6.45) is 22.8. The molecule has 5 aliphatic heterocycles. The molecule has 0 bridgehead atoms. The molecule has 8 rings (SSSR count). The van der Waals surface area contributed by atoms with Gasteiger partial charge < -0.3 is 44.9 Å². The van der Waals surface area contributed by atoms with E-state index in [4.69, 9.17) is 44.9 Å². The van der Waals surface area contributed by atoms with Crippen LogP contribution in [-0.4, -0.2) is 274 Å². The van der Waals surface area contributed by atoms with Crippen molar-refractivity contribution in [2.75, 3.05) is 154 Å². The largest absolute Gasteiger partial charge is 0.354 e. The Morgan fingerprint density at radius 1 is 0.277 bits per heavy atom. The van der Waals surface area contributed by atoms with Gasteiger partial charge in [0.2, 0.25) is 47.6 Å². The summed E-state index contributed by atoms with van der Waals surface area (Å²) < 4.78 is 0. The number of aromatic nitrogens is 9. The molecule has 0 saturated carbocycles. The number of nitrogens with one attached hydrogen (secondary N) is 2. The first-order valence-corrected chi connectivity index (χ1v) is 44.8. The minimum absolute atomic E-state index is 0.000499. The summed E-state index contributed by atoms with van der Waals surface area (Å²) >= 11 is 0. The maximum Gasteiger partial charge on any atom is 0.232 e. The van der Waals surface area contributed by atoms with E-state index in [2.05, 4.69) is 292 Å². The topological polar surface area (TPSA) is 179 Å². The van der Waals surface area contributed by atoms with Crippen LogP contribution in [0.3, 0.4) is 0 Å². The van der Waals surface area contributed by atoms with Gasteiger partial charge >= 0.3 is 0 Å². The van der Waals surface area contributed by atoms with Crippen molar-refractivity contribution in [1.82, 2.24) is 74.3 Å². The van der Waals surface area contributed by atoms with Crippen molar-refractivity contribution >= 4 is 47.6 Å². The molecular formula is C89H169N23. The van der Waals surface area contributed by atoms with Gasteiger partial charge in [-0.05, 0) is 303 Å². The lowest BCUT2D eigenvalue weighted by atomic mass is 9.77. The van der Waals surface area contributed by atoms with Crippen LogP contribution < -0.4 is 40.0 Å². The summed E-state index contributed by atoms with van der Waals surface area (Å²) in [7, 11) is 13.8. The predicted octanol–water partition coefficient (Wildman–Crippen LogP) is 16.6. The Morgan fingerprint density at radius 2 is 0.491 bits per heavy atom. The molecule has 112 heavy (non-hydrogen) atoms. The van der Waals surface area contributed by atoms with Crippen molar-refractivity contribution in [3.05, 3.63) is 5.82 Å². The highest BCUT2D eigenvalue weighted by atomic mass is 15.4. The van der Waals surface area contributed by atoms with E-state index >= 15 is 0 Å². The maximum atomic E-state index is 5.69. The summed E-state index contributed by atoms with van der Waals surface area (Å²) in [5, 5.41) is 7.76. The van der Waals surface area contributed by atoms with Gasteiger partial charge in [-0.3, -0.25) is 24.5 Å². The fourth-order valence-electron chi connectivity index (χ4n) is 20.4. The van der Waals surface area contributed by atoms with Gasteiger partial charge in [-0.2, -0.15) is 44.9 Å². The van der Waals surface area contributed by atoms with Gasteiger partial charge in [-0.25, -0.2) is 0 Å². The number of aryl methyl sites for hydroxylation is 1. The summed E-state index contributed by atoms with van der Waals surface area (Å²) in [6, 6.07) is 1.34. The Bertz CT molecular complexity index is 3180. The lowest BCUT2D eigenvalue weighted by molar-refractivity contribution is -0.0135. The number of nitrogens with zero attached hydrogens (tertiary/aromatic N) is 21. The molecule has 5 aliphatic rings. The normalized spacial score (nSPS) is 22.3. The van der Waals surface area contributed by atoms with Gasteiger partial charge in [0, 0.05) is 151 Å². The zero-order valence-corrected chi connectivity index (χ0v) is 78.1. The number of rotatable bonds is 39. The van der Waals surface area contributed by atoms with Crippen molar-refractivity contribution in [2.45, 2.75) is 407 Å². The highest BCUT2D eigenvalue weighted by Crippen LogP contribution is 2.47. The SMILES string of the molecule is CCCCN(c1nc(C)nc(N(CCCNc2nc(N(CCCC)C3CC(C)(C)N(C)C(C)(C)C3)nc(N(CCCC)C3CC(C)(C)N(C)C(C)(C)C3)n2)CCN(C)CCCNc2nc(N(CCCC)C3CC(C)(C)N(C)C(C)(C)C3)nc(N(CCCC)C3CC(C)(C)N(C)C(C)(C)C3)n2)n1)C1CC(C)(C)N(C)C(C)(C)C1. The Morgan fingerprint density at radius 3 is 0.732 bits per heavy atom. The predicted molar refractivity (Wildman–Crippen MR) is 476 cm³/mol. The Balaban J connectivity index is 1.12. The minimum atomic E-state index is -0.0137. The van der Waals surface area contributed by atoms with Gasteiger partial charge in [-0.1, -0.05) is 66.7 Å². The monoisotopic (exact) mass is 1560 g/mol. The van der Waals surface area contributed by atoms with Gasteiger partial charge in [0.15, 0.2) is 0 Å². The van der Waals surface area contributed by atoms with Crippen LogP contribution in [0.15, 0.2) is 0 Å². The molecule has 5 saturated heterocycles. The summed E-state index contributed by atoms with van der Waals surface area (Å²) in [5.74, 6) is 6.82. The zero-order chi connectivity index (χ0) is 83.1. The van der Waals surface area contributed by atoms with Crippen LogP contribution in [0.2, 0.25) is 0 Å². The third-order valence-corrected chi connectivity index (χ3v) is 28.6. The third-order valence-electron chi connectivity index (χ3n) is 28.6. The number of hydrogen-bond acceptors (Lipinski definition) is 23. The standard InChI is InChI=1S/C89H169N23/c1-33-38-49-108(67-56-80(7,8)102(28)81(9,10)57-67)75-93-66(6)92-74(98-75)107(48-44-46-91-73-96-78(111(52-41-36-4)70-62-86(19,20)105(31)87(21,22)63-70)100-79(97-73)112(53-42-37-5)71-64-88(23,24)106(32)89(25,26)65-71)55-54-101(27)47-43-45-90-72-94-76(109(50-39-34-2)68-58-82(11,12)103(29)83(13,14)59-68)99-77(95-72)110(51-40-35-3)69-60-84(15,16)104(30)85(17,18)61-69/h67-71H,33-65H2,1-32H3,(H,90,94,95,99)(H,91,96,97,100). The molecule has 5 fully saturated rings. The van der Waals surface area contributed by atoms with Crippen LogP contribution >= 0.6 is 0 Å². The number of piperidine rings is 5. The fourth-order valence-corrected chi connectivity index (χ4v) is 20.4. The van der Waals surface area contributed by atoms with E-state index in [1.165, 1.54) is 0 Å². The average Bonchev–Trinajstić information content (AvgIpc) is 0.768. The van der Waals surface area contributed by atoms with E-state index in [1.807, 2.05) is 0 Å². The molecule has 8 heterocycles. The summed E-state index contributed by atoms with van der Waals surface area (Å²) in [4.78, 5) is 80.3. The molecule has 3 aromatic rings. The van der Waals surface area contributed by atoms with E-state index < -0.39 is 0 Å². The molecule has 23 heteroatoms. The molecule has 2 N–H and O–H groups in total. The lowest BCUT2D eigenvalue weighted by Gasteiger charge is -2.56.